The molecule has 0 unspecified atom stereocenters. The number of rotatable bonds is 0. The number of hydrogen-bond donors (Lipinski definition) is 0. The fourth-order valence-electron chi connectivity index (χ4n) is 1.39. The molecule has 1 nitrogen and oxygen atoms in total. The Morgan fingerprint density at radius 1 is 1.07 bits per heavy atom. The zero-order valence-corrected chi connectivity index (χ0v) is 10.3. The van der Waals surface area contributed by atoms with E-state index < -0.39 is 0 Å². The maximum absolute atomic E-state index is 11.1. The van der Waals surface area contributed by atoms with E-state index in [0.29, 0.717) is 12.2 Å². The van der Waals surface area contributed by atoms with Crippen LogP contribution in [0.5, 0.6) is 0 Å². The third-order valence-electron chi connectivity index (χ3n) is 1.94. The monoisotopic (exact) mass is 206 g/mol. The van der Waals surface area contributed by atoms with Crippen LogP contribution in [0.4, 0.5) is 0 Å². The van der Waals surface area contributed by atoms with Gasteiger partial charge in [-0.1, -0.05) is 58.4 Å². The highest BCUT2D eigenvalue weighted by molar-refractivity contribution is 6.00. The molecule has 0 aromatic heterocycles. The second kappa shape index (κ2) is 8.22. The largest absolute Gasteiger partial charge is 0.294 e. The van der Waals surface area contributed by atoms with Crippen LogP contribution >= 0.6 is 0 Å². The van der Waals surface area contributed by atoms with Gasteiger partial charge in [-0.15, -0.1) is 0 Å². The quantitative estimate of drug-likeness (QED) is 0.620. The van der Waals surface area contributed by atoms with Gasteiger partial charge in [0.1, 0.15) is 0 Å². The van der Waals surface area contributed by atoms with Gasteiger partial charge < -0.3 is 0 Å². The van der Waals surface area contributed by atoms with Crippen LogP contribution in [-0.2, 0) is 6.42 Å². The van der Waals surface area contributed by atoms with Gasteiger partial charge in [0.05, 0.1) is 0 Å². The molecule has 0 saturated heterocycles. The van der Waals surface area contributed by atoms with Crippen LogP contribution in [0.3, 0.4) is 0 Å². The Balaban J connectivity index is 0.000000342. The van der Waals surface area contributed by atoms with Crippen molar-refractivity contribution in [3.8, 4) is 0 Å². The Hall–Kier alpha value is -1.11. The Bertz CT molecular complexity index is 289. The van der Waals surface area contributed by atoms with Crippen LogP contribution in [0.15, 0.2) is 24.3 Å². The molecular weight excluding hydrogens is 184 g/mol. The summed E-state index contributed by atoms with van der Waals surface area (Å²) in [4.78, 5) is 11.1. The Labute approximate surface area is 93.5 Å². The average Bonchev–Trinajstić information content (AvgIpc) is 2.65. The first-order chi connectivity index (χ1) is 7.29. The SMILES string of the molecule is CC.CCC.O=C1CCc2ccccc21. The van der Waals surface area contributed by atoms with Crippen LogP contribution in [0, 0.1) is 0 Å². The molecule has 1 aromatic rings. The van der Waals surface area contributed by atoms with Crippen molar-refractivity contribution in [1.29, 1.82) is 0 Å². The minimum Gasteiger partial charge on any atom is -0.294 e. The minimum absolute atomic E-state index is 0.301. The van der Waals surface area contributed by atoms with Crippen LogP contribution in [0.25, 0.3) is 0 Å². The van der Waals surface area contributed by atoms with Crippen molar-refractivity contribution in [2.24, 2.45) is 0 Å². The number of Topliss-reactive ketones (excluding diaryl/α,β-unsaturated/α-hetero) is 1. The lowest BCUT2D eigenvalue weighted by atomic mass is 10.1. The minimum atomic E-state index is 0.301. The summed E-state index contributed by atoms with van der Waals surface area (Å²) in [6.07, 6.45) is 2.90. The van der Waals surface area contributed by atoms with E-state index in [-0.39, 0.29) is 0 Å². The molecule has 0 spiro atoms. The maximum Gasteiger partial charge on any atom is 0.163 e. The molecule has 1 aromatic carbocycles. The number of carbonyl (C=O) groups is 1. The van der Waals surface area contributed by atoms with Crippen molar-refractivity contribution in [3.63, 3.8) is 0 Å². The van der Waals surface area contributed by atoms with Crippen molar-refractivity contribution in [2.45, 2.75) is 47.0 Å². The molecule has 0 atom stereocenters. The highest BCUT2D eigenvalue weighted by Crippen LogP contribution is 2.20. The normalized spacial score (nSPS) is 11.9. The van der Waals surface area contributed by atoms with Crippen LogP contribution in [-0.4, -0.2) is 5.78 Å². The lowest BCUT2D eigenvalue weighted by Gasteiger charge is -1.92. The molecule has 0 fully saturated rings. The number of fused-ring (bicyclic) bond motifs is 1. The third kappa shape index (κ3) is 4.28. The van der Waals surface area contributed by atoms with Crippen molar-refractivity contribution in [2.75, 3.05) is 0 Å². The topological polar surface area (TPSA) is 17.1 Å². The highest BCUT2D eigenvalue weighted by atomic mass is 16.1. The Morgan fingerprint density at radius 3 is 2.13 bits per heavy atom. The van der Waals surface area contributed by atoms with Crippen LogP contribution in [0.2, 0.25) is 0 Å². The van der Waals surface area contributed by atoms with E-state index in [0.717, 1.165) is 12.0 Å². The standard InChI is InChI=1S/C9H8O.C3H8.C2H6/c10-9-6-5-7-3-1-2-4-8(7)9;1-3-2;1-2/h1-4H,5-6H2;3H2,1-2H3;1-2H3. The zero-order chi connectivity index (χ0) is 11.7. The lowest BCUT2D eigenvalue weighted by molar-refractivity contribution is 0.0994. The molecule has 0 bridgehead atoms. The van der Waals surface area contributed by atoms with E-state index >= 15 is 0 Å². The summed E-state index contributed by atoms with van der Waals surface area (Å²) in [5.41, 5.74) is 2.15. The zero-order valence-electron chi connectivity index (χ0n) is 10.3. The van der Waals surface area contributed by atoms with Gasteiger partial charge in [-0.3, -0.25) is 4.79 Å². The van der Waals surface area contributed by atoms with E-state index in [1.54, 1.807) is 0 Å². The number of aryl methyl sites for hydroxylation is 1. The van der Waals surface area contributed by atoms with Gasteiger partial charge in [-0.2, -0.15) is 0 Å². The van der Waals surface area contributed by atoms with Crippen molar-refractivity contribution in [3.05, 3.63) is 35.4 Å². The molecule has 84 valence electrons. The summed E-state index contributed by atoms with van der Waals surface area (Å²) >= 11 is 0. The summed E-state index contributed by atoms with van der Waals surface area (Å²) < 4.78 is 0. The fraction of sp³-hybridized carbons (Fsp3) is 0.500. The maximum atomic E-state index is 11.1. The van der Waals surface area contributed by atoms with Crippen LogP contribution < -0.4 is 0 Å². The third-order valence-corrected chi connectivity index (χ3v) is 1.94. The molecule has 0 radical (unpaired) electrons. The number of ketones is 1. The van der Waals surface area contributed by atoms with E-state index in [4.69, 9.17) is 0 Å². The fourth-order valence-corrected chi connectivity index (χ4v) is 1.39. The van der Waals surface area contributed by atoms with E-state index in [1.165, 1.54) is 12.0 Å². The highest BCUT2D eigenvalue weighted by Gasteiger charge is 2.17. The van der Waals surface area contributed by atoms with Gasteiger partial charge in [0, 0.05) is 12.0 Å². The van der Waals surface area contributed by atoms with Gasteiger partial charge in [0.2, 0.25) is 0 Å². The Morgan fingerprint density at radius 2 is 1.60 bits per heavy atom. The second-order valence-corrected chi connectivity index (χ2v) is 3.29. The summed E-state index contributed by atoms with van der Waals surface area (Å²) in [6, 6.07) is 7.84. The Kier molecular flexibility index (Phi) is 7.61. The predicted octanol–water partition coefficient (Wildman–Crippen LogP) is 4.26. The first kappa shape index (κ1) is 13.9. The number of benzene rings is 1. The van der Waals surface area contributed by atoms with Gasteiger partial charge in [-0.05, 0) is 12.0 Å². The molecule has 0 aliphatic heterocycles. The van der Waals surface area contributed by atoms with Gasteiger partial charge in [0.25, 0.3) is 0 Å². The van der Waals surface area contributed by atoms with Gasteiger partial charge in [-0.25, -0.2) is 0 Å². The molecule has 15 heavy (non-hydrogen) atoms. The second-order valence-electron chi connectivity index (χ2n) is 3.29. The molecule has 0 saturated carbocycles. The molecule has 0 heterocycles. The summed E-state index contributed by atoms with van der Waals surface area (Å²) in [5, 5.41) is 0. The molecular formula is C14H22O. The molecule has 1 aliphatic carbocycles. The van der Waals surface area contributed by atoms with E-state index in [9.17, 15) is 4.79 Å². The molecule has 1 heteroatoms. The number of hydrogen-bond acceptors (Lipinski definition) is 1. The van der Waals surface area contributed by atoms with Crippen molar-refractivity contribution in [1.82, 2.24) is 0 Å². The van der Waals surface area contributed by atoms with E-state index in [2.05, 4.69) is 13.8 Å². The summed E-state index contributed by atoms with van der Waals surface area (Å²) in [6.45, 7) is 8.25. The first-order valence-corrected chi connectivity index (χ1v) is 5.90. The van der Waals surface area contributed by atoms with Gasteiger partial charge in [0.15, 0.2) is 5.78 Å². The summed E-state index contributed by atoms with van der Waals surface area (Å²) in [7, 11) is 0. The lowest BCUT2D eigenvalue weighted by Crippen LogP contribution is -1.88. The smallest absolute Gasteiger partial charge is 0.163 e. The summed E-state index contributed by atoms with van der Waals surface area (Å²) in [5.74, 6) is 0.301. The van der Waals surface area contributed by atoms with Crippen molar-refractivity contribution < 1.29 is 4.79 Å². The average molecular weight is 206 g/mol. The first-order valence-electron chi connectivity index (χ1n) is 5.90. The van der Waals surface area contributed by atoms with Gasteiger partial charge >= 0.3 is 0 Å². The molecule has 2 rings (SSSR count). The van der Waals surface area contributed by atoms with Crippen LogP contribution in [0.1, 0.15) is 56.5 Å². The number of carbonyl (C=O) groups excluding carboxylic acids is 1. The predicted molar refractivity (Wildman–Crippen MR) is 66.4 cm³/mol. The van der Waals surface area contributed by atoms with Crippen molar-refractivity contribution >= 4 is 5.78 Å². The van der Waals surface area contributed by atoms with E-state index in [1.807, 2.05) is 38.1 Å². The molecule has 1 aliphatic rings. The molecule has 0 amide bonds. The molecule has 0 N–H and O–H groups in total.